The summed E-state index contributed by atoms with van der Waals surface area (Å²) >= 11 is 6.29. The lowest BCUT2D eigenvalue weighted by atomic mass is 10.4. The van der Waals surface area contributed by atoms with Gasteiger partial charge in [0, 0.05) is 5.02 Å². The molecule has 1 aromatic carbocycles. The molecule has 1 aromatic heterocycles. The maximum absolute atomic E-state index is 12.3. The van der Waals surface area contributed by atoms with Crippen molar-refractivity contribution in [3.05, 3.63) is 39.3 Å². The number of alkyl halides is 2. The van der Waals surface area contributed by atoms with Gasteiger partial charge in [0.15, 0.2) is 14.8 Å². The van der Waals surface area contributed by atoms with E-state index in [-0.39, 0.29) is 14.9 Å². The van der Waals surface area contributed by atoms with Crippen LogP contribution in [-0.2, 0) is 15.6 Å². The van der Waals surface area contributed by atoms with Gasteiger partial charge in [0.2, 0.25) is 0 Å². The van der Waals surface area contributed by atoms with Crippen LogP contribution in [0.1, 0.15) is 16.4 Å². The summed E-state index contributed by atoms with van der Waals surface area (Å²) in [6.45, 7) is 0. The molecule has 0 atom stereocenters. The Labute approximate surface area is 117 Å². The van der Waals surface area contributed by atoms with Crippen molar-refractivity contribution in [1.82, 2.24) is 10.2 Å². The van der Waals surface area contributed by atoms with Crippen LogP contribution in [0.25, 0.3) is 0 Å². The summed E-state index contributed by atoms with van der Waals surface area (Å²) in [7, 11) is -3.67. The van der Waals surface area contributed by atoms with Crippen molar-refractivity contribution in [3.8, 4) is 0 Å². The highest BCUT2D eigenvalue weighted by atomic mass is 35.5. The van der Waals surface area contributed by atoms with Crippen LogP contribution < -0.4 is 0 Å². The largest absolute Gasteiger partial charge is 0.291 e. The third kappa shape index (κ3) is 3.46. The van der Waals surface area contributed by atoms with Gasteiger partial charge in [0.25, 0.3) is 6.43 Å². The third-order valence-corrected chi connectivity index (χ3v) is 5.11. The summed E-state index contributed by atoms with van der Waals surface area (Å²) in [5.74, 6) is -0.474. The summed E-state index contributed by atoms with van der Waals surface area (Å²) in [4.78, 5) is 0.0220. The van der Waals surface area contributed by atoms with E-state index in [9.17, 15) is 17.2 Å². The van der Waals surface area contributed by atoms with E-state index in [1.54, 1.807) is 6.07 Å². The zero-order valence-corrected chi connectivity index (χ0v) is 11.6. The minimum atomic E-state index is -3.67. The van der Waals surface area contributed by atoms with Crippen molar-refractivity contribution < 1.29 is 17.2 Å². The zero-order chi connectivity index (χ0) is 14.0. The maximum atomic E-state index is 12.3. The van der Waals surface area contributed by atoms with E-state index < -0.39 is 27.0 Å². The van der Waals surface area contributed by atoms with Gasteiger partial charge >= 0.3 is 0 Å². The van der Waals surface area contributed by atoms with Crippen LogP contribution >= 0.6 is 22.9 Å². The van der Waals surface area contributed by atoms with Gasteiger partial charge in [-0.2, -0.15) is 0 Å². The Morgan fingerprint density at radius 2 is 2.05 bits per heavy atom. The summed E-state index contributed by atoms with van der Waals surface area (Å²) in [6.07, 6.45) is -2.75. The van der Waals surface area contributed by atoms with Gasteiger partial charge in [-0.05, 0) is 18.2 Å². The second kappa shape index (κ2) is 5.48. The molecule has 4 nitrogen and oxygen atoms in total. The number of halogens is 3. The lowest BCUT2D eigenvalue weighted by Crippen LogP contribution is -2.04. The fraction of sp³-hybridized carbons (Fsp3) is 0.200. The number of hydrogen-bond acceptors (Lipinski definition) is 5. The third-order valence-electron chi connectivity index (χ3n) is 2.14. The summed E-state index contributed by atoms with van der Waals surface area (Å²) in [6, 6.07) is 5.72. The molecule has 0 unspecified atom stereocenters. The molecule has 0 amide bonds. The van der Waals surface area contributed by atoms with Crippen LogP contribution in [0.2, 0.25) is 5.02 Å². The zero-order valence-electron chi connectivity index (χ0n) is 9.26. The Hall–Kier alpha value is -1.12. The van der Waals surface area contributed by atoms with Crippen molar-refractivity contribution in [2.45, 2.75) is 17.1 Å². The molecular formula is C10H7ClF2N2O2S2. The molecule has 0 spiro atoms. The molecule has 0 aliphatic carbocycles. The topological polar surface area (TPSA) is 59.9 Å². The van der Waals surface area contributed by atoms with Crippen LogP contribution in [0, 0.1) is 0 Å². The molecular weight excluding hydrogens is 318 g/mol. The number of nitrogens with zero attached hydrogens (tertiary/aromatic N) is 2. The Bertz CT molecular complexity index is 688. The van der Waals surface area contributed by atoms with Crippen molar-refractivity contribution in [3.63, 3.8) is 0 Å². The van der Waals surface area contributed by atoms with E-state index in [0.717, 1.165) is 0 Å². The van der Waals surface area contributed by atoms with Crippen molar-refractivity contribution >= 4 is 32.8 Å². The highest BCUT2D eigenvalue weighted by Crippen LogP contribution is 2.25. The van der Waals surface area contributed by atoms with E-state index >= 15 is 0 Å². The van der Waals surface area contributed by atoms with E-state index in [1.807, 2.05) is 0 Å². The van der Waals surface area contributed by atoms with Crippen LogP contribution in [0.15, 0.2) is 29.2 Å². The van der Waals surface area contributed by atoms with Crippen LogP contribution in [0.3, 0.4) is 0 Å². The molecule has 0 saturated carbocycles. The Morgan fingerprint density at radius 3 is 2.63 bits per heavy atom. The number of benzene rings is 1. The summed E-state index contributed by atoms with van der Waals surface area (Å²) < 4.78 is 48.7. The molecule has 0 saturated heterocycles. The number of aromatic nitrogens is 2. The van der Waals surface area contributed by atoms with Gasteiger partial charge in [0.1, 0.15) is 10.8 Å². The lowest BCUT2D eigenvalue weighted by molar-refractivity contribution is 0.150. The Balaban J connectivity index is 2.26. The first kappa shape index (κ1) is 14.3. The lowest BCUT2D eigenvalue weighted by Gasteiger charge is -2.02. The van der Waals surface area contributed by atoms with Crippen molar-refractivity contribution in [2.75, 3.05) is 0 Å². The predicted molar refractivity (Wildman–Crippen MR) is 67.2 cm³/mol. The average molecular weight is 325 g/mol. The number of hydrogen-bond donors (Lipinski definition) is 0. The minimum absolute atomic E-state index is 0.0220. The van der Waals surface area contributed by atoms with Gasteiger partial charge in [-0.15, -0.1) is 10.2 Å². The van der Waals surface area contributed by atoms with Gasteiger partial charge in [-0.1, -0.05) is 29.0 Å². The molecule has 19 heavy (non-hydrogen) atoms. The van der Waals surface area contributed by atoms with E-state index in [2.05, 4.69) is 10.2 Å². The van der Waals surface area contributed by atoms with Gasteiger partial charge in [0.05, 0.1) is 4.90 Å². The molecule has 1 heterocycles. The maximum Gasteiger partial charge on any atom is 0.291 e. The standard InChI is InChI=1S/C10H7ClF2N2O2S2/c11-6-2-1-3-7(4-6)19(16,17)5-8-14-15-10(18-8)9(12)13/h1-4,9H,5H2. The first-order chi connectivity index (χ1) is 8.88. The quantitative estimate of drug-likeness (QED) is 0.867. The minimum Gasteiger partial charge on any atom is -0.223 e. The SMILES string of the molecule is O=S(=O)(Cc1nnc(C(F)F)s1)c1cccc(Cl)c1. The van der Waals surface area contributed by atoms with Crippen LogP contribution in [0.5, 0.6) is 0 Å². The van der Waals surface area contributed by atoms with Crippen molar-refractivity contribution in [2.24, 2.45) is 0 Å². The first-order valence-corrected chi connectivity index (χ1v) is 7.82. The fourth-order valence-corrected chi connectivity index (χ4v) is 3.91. The second-order valence-electron chi connectivity index (χ2n) is 3.55. The summed E-state index contributed by atoms with van der Waals surface area (Å²) in [5, 5.41) is 6.50. The van der Waals surface area contributed by atoms with Gasteiger partial charge < -0.3 is 0 Å². The monoisotopic (exact) mass is 324 g/mol. The predicted octanol–water partition coefficient (Wildman–Crippen LogP) is 3.10. The number of sulfone groups is 1. The smallest absolute Gasteiger partial charge is 0.223 e. The molecule has 0 aliphatic rings. The normalized spacial score (nSPS) is 12.0. The van der Waals surface area contributed by atoms with Crippen LogP contribution in [0.4, 0.5) is 8.78 Å². The molecule has 0 N–H and O–H groups in total. The first-order valence-electron chi connectivity index (χ1n) is 4.97. The molecule has 9 heteroatoms. The molecule has 0 bridgehead atoms. The molecule has 0 radical (unpaired) electrons. The van der Waals surface area contributed by atoms with Crippen molar-refractivity contribution in [1.29, 1.82) is 0 Å². The highest BCUT2D eigenvalue weighted by molar-refractivity contribution is 7.90. The Kier molecular flexibility index (Phi) is 4.12. The summed E-state index contributed by atoms with van der Waals surface area (Å²) in [5.41, 5.74) is 0. The van der Waals surface area contributed by atoms with Gasteiger partial charge in [-0.3, -0.25) is 0 Å². The van der Waals surface area contributed by atoms with E-state index in [4.69, 9.17) is 11.6 Å². The Morgan fingerprint density at radius 1 is 1.32 bits per heavy atom. The van der Waals surface area contributed by atoms with Gasteiger partial charge in [-0.25, -0.2) is 17.2 Å². The molecule has 0 aliphatic heterocycles. The molecule has 0 fully saturated rings. The van der Waals surface area contributed by atoms with E-state index in [0.29, 0.717) is 11.3 Å². The number of rotatable bonds is 4. The molecule has 102 valence electrons. The molecule has 2 aromatic rings. The fourth-order valence-electron chi connectivity index (χ4n) is 1.32. The van der Waals surface area contributed by atoms with Crippen LogP contribution in [-0.4, -0.2) is 18.6 Å². The molecule has 2 rings (SSSR count). The van der Waals surface area contributed by atoms with E-state index in [1.165, 1.54) is 18.2 Å². The average Bonchev–Trinajstić information content (AvgIpc) is 2.77. The second-order valence-corrected chi connectivity index (χ2v) is 7.07. The highest BCUT2D eigenvalue weighted by Gasteiger charge is 2.21.